The van der Waals surface area contributed by atoms with E-state index in [4.69, 9.17) is 15.2 Å². The first-order chi connectivity index (χ1) is 19.7. The number of hydrogen-bond donors (Lipinski definition) is 2. The molecule has 0 aromatic heterocycles. The van der Waals surface area contributed by atoms with Gasteiger partial charge in [-0.25, -0.2) is 0 Å². The minimum atomic E-state index is -0.135. The smallest absolute Gasteiger partial charge is 0.226 e. The molecule has 0 bridgehead atoms. The number of ether oxygens (including phenoxy) is 2. The fourth-order valence-corrected chi connectivity index (χ4v) is 5.05. The van der Waals surface area contributed by atoms with E-state index in [9.17, 15) is 4.79 Å². The van der Waals surface area contributed by atoms with Crippen molar-refractivity contribution in [2.75, 3.05) is 54.1 Å². The first-order valence-electron chi connectivity index (χ1n) is 15.1. The van der Waals surface area contributed by atoms with Crippen LogP contribution >= 0.6 is 0 Å². The van der Waals surface area contributed by atoms with Crippen molar-refractivity contribution >= 4 is 11.9 Å². The third kappa shape index (κ3) is 11.5. The number of nitrogens with zero attached hydrogens (tertiary/aromatic N) is 3. The maximum Gasteiger partial charge on any atom is 0.226 e. The van der Waals surface area contributed by atoms with Gasteiger partial charge in [0.05, 0.1) is 6.61 Å². The van der Waals surface area contributed by atoms with Gasteiger partial charge in [-0.2, -0.15) is 0 Å². The summed E-state index contributed by atoms with van der Waals surface area (Å²) in [4.78, 5) is 21.6. The number of likely N-dealkylation sites (tertiary alicyclic amines) is 1. The lowest BCUT2D eigenvalue weighted by molar-refractivity contribution is -0.119. The zero-order chi connectivity index (χ0) is 29.6. The Bertz CT molecular complexity index is 1090. The van der Waals surface area contributed by atoms with Crippen molar-refractivity contribution < 1.29 is 14.3 Å². The summed E-state index contributed by atoms with van der Waals surface area (Å²) in [5.41, 5.74) is 10.4. The van der Waals surface area contributed by atoms with E-state index in [1.165, 1.54) is 18.4 Å². The highest BCUT2D eigenvalue weighted by Gasteiger charge is 2.20. The molecule has 3 N–H and O–H groups in total. The maximum atomic E-state index is 12.4. The Morgan fingerprint density at radius 2 is 1.80 bits per heavy atom. The summed E-state index contributed by atoms with van der Waals surface area (Å²) in [5, 5.41) is 2.70. The molecule has 1 heterocycles. The molecule has 8 nitrogen and oxygen atoms in total. The topological polar surface area (TPSA) is 92.4 Å². The van der Waals surface area contributed by atoms with E-state index in [1.807, 2.05) is 0 Å². The number of methoxy groups -OCH3 is 1. The van der Waals surface area contributed by atoms with E-state index in [1.54, 1.807) is 7.11 Å². The highest BCUT2D eigenvalue weighted by atomic mass is 16.5. The van der Waals surface area contributed by atoms with Crippen LogP contribution in [0.2, 0.25) is 0 Å². The van der Waals surface area contributed by atoms with Crippen molar-refractivity contribution in [3.8, 4) is 16.9 Å². The molecule has 226 valence electrons. The Kier molecular flexibility index (Phi) is 13.6. The molecule has 1 aliphatic heterocycles. The number of hydrogen-bond acceptors (Lipinski definition) is 6. The van der Waals surface area contributed by atoms with Crippen LogP contribution in [0.4, 0.5) is 0 Å². The molecule has 3 rings (SSSR count). The molecule has 8 heteroatoms. The SMILES string of the molecule is COCCCOc1cc(CCC(=O)NC(N)=NCCC(C)C)ccc1-c1ccc(CN2CCC(N(C)C)CC2)cc1. The van der Waals surface area contributed by atoms with Crippen molar-refractivity contribution in [3.63, 3.8) is 0 Å². The Hall–Kier alpha value is -2.94. The molecule has 0 saturated carbocycles. The third-order valence-corrected chi connectivity index (χ3v) is 7.65. The number of piperidine rings is 1. The van der Waals surface area contributed by atoms with Crippen LogP contribution in [0, 0.1) is 5.92 Å². The Labute approximate surface area is 247 Å². The second-order valence-electron chi connectivity index (χ2n) is 11.7. The summed E-state index contributed by atoms with van der Waals surface area (Å²) in [5.74, 6) is 1.43. The minimum absolute atomic E-state index is 0.135. The summed E-state index contributed by atoms with van der Waals surface area (Å²) in [6.07, 6.45) is 5.10. The molecule has 1 fully saturated rings. The number of carbonyl (C=O) groups excluding carboxylic acids is 1. The molecule has 0 spiro atoms. The van der Waals surface area contributed by atoms with E-state index < -0.39 is 0 Å². The Balaban J connectivity index is 1.62. The standard InChI is InChI=1S/C33H51N5O3/c1-25(2)15-18-35-33(34)36-32(39)14-10-26-9-13-30(31(23-26)41-22-6-21-40-5)28-11-7-27(8-12-28)24-38-19-16-29(17-20-38)37(3)4/h7-9,11-13,23,25,29H,6,10,14-22,24H2,1-5H3,(H3,34,35,36,39). The highest BCUT2D eigenvalue weighted by molar-refractivity contribution is 5.96. The second-order valence-corrected chi connectivity index (χ2v) is 11.7. The monoisotopic (exact) mass is 565 g/mol. The van der Waals surface area contributed by atoms with E-state index in [0.29, 0.717) is 44.6 Å². The van der Waals surface area contributed by atoms with E-state index in [0.717, 1.165) is 54.9 Å². The summed E-state index contributed by atoms with van der Waals surface area (Å²) in [7, 11) is 6.06. The summed E-state index contributed by atoms with van der Waals surface area (Å²) < 4.78 is 11.4. The number of nitrogens with one attached hydrogen (secondary N) is 1. The maximum absolute atomic E-state index is 12.4. The van der Waals surface area contributed by atoms with Crippen LogP contribution in [0.3, 0.4) is 0 Å². The van der Waals surface area contributed by atoms with Gasteiger partial charge in [0, 0.05) is 51.3 Å². The van der Waals surface area contributed by atoms with Gasteiger partial charge >= 0.3 is 0 Å². The first kappa shape index (κ1) is 32.6. The van der Waals surface area contributed by atoms with Gasteiger partial charge in [0.15, 0.2) is 5.96 Å². The van der Waals surface area contributed by atoms with E-state index in [-0.39, 0.29) is 11.9 Å². The highest BCUT2D eigenvalue weighted by Crippen LogP contribution is 2.32. The van der Waals surface area contributed by atoms with Gasteiger partial charge in [0.2, 0.25) is 5.91 Å². The number of guanidine groups is 1. The van der Waals surface area contributed by atoms with Crippen LogP contribution in [0.5, 0.6) is 5.75 Å². The molecule has 1 amide bonds. The fourth-order valence-electron chi connectivity index (χ4n) is 5.05. The molecule has 2 aromatic rings. The predicted molar refractivity (Wildman–Crippen MR) is 168 cm³/mol. The quantitative estimate of drug-likeness (QED) is 0.185. The van der Waals surface area contributed by atoms with Crippen molar-refractivity contribution in [1.82, 2.24) is 15.1 Å². The lowest BCUT2D eigenvalue weighted by atomic mass is 9.99. The first-order valence-corrected chi connectivity index (χ1v) is 15.1. The zero-order valence-electron chi connectivity index (χ0n) is 25.8. The molecular formula is C33H51N5O3. The molecular weight excluding hydrogens is 514 g/mol. The molecule has 0 atom stereocenters. The average Bonchev–Trinajstić information content (AvgIpc) is 2.95. The Morgan fingerprint density at radius 1 is 1.10 bits per heavy atom. The summed E-state index contributed by atoms with van der Waals surface area (Å²) in [6, 6.07) is 15.8. The third-order valence-electron chi connectivity index (χ3n) is 7.65. The number of aryl methyl sites for hydroxylation is 1. The molecule has 1 saturated heterocycles. The van der Waals surface area contributed by atoms with E-state index in [2.05, 4.69) is 90.5 Å². The Morgan fingerprint density at radius 3 is 2.46 bits per heavy atom. The van der Waals surface area contributed by atoms with Crippen LogP contribution < -0.4 is 15.8 Å². The molecule has 1 aliphatic rings. The predicted octanol–water partition coefficient (Wildman–Crippen LogP) is 4.70. The van der Waals surface area contributed by atoms with Gasteiger partial charge in [0.25, 0.3) is 0 Å². The molecule has 0 unspecified atom stereocenters. The van der Waals surface area contributed by atoms with Gasteiger partial charge in [-0.05, 0) is 81.5 Å². The molecule has 0 aliphatic carbocycles. The number of nitrogens with two attached hydrogens (primary N) is 1. The number of amides is 1. The number of rotatable bonds is 15. The van der Waals surface area contributed by atoms with Gasteiger partial charge < -0.3 is 20.1 Å². The van der Waals surface area contributed by atoms with Crippen LogP contribution in [-0.2, 0) is 22.5 Å². The number of aliphatic imine (C=N–C) groups is 1. The fraction of sp³-hybridized carbons (Fsp3) is 0.576. The van der Waals surface area contributed by atoms with Gasteiger partial charge in [-0.15, -0.1) is 0 Å². The molecule has 0 radical (unpaired) electrons. The van der Waals surface area contributed by atoms with Crippen molar-refractivity contribution in [2.45, 2.75) is 65.0 Å². The van der Waals surface area contributed by atoms with Crippen molar-refractivity contribution in [1.29, 1.82) is 0 Å². The van der Waals surface area contributed by atoms with Gasteiger partial charge in [-0.3, -0.25) is 20.0 Å². The van der Waals surface area contributed by atoms with Crippen molar-refractivity contribution in [3.05, 3.63) is 53.6 Å². The van der Waals surface area contributed by atoms with Crippen LogP contribution in [0.15, 0.2) is 47.5 Å². The molecule has 41 heavy (non-hydrogen) atoms. The summed E-state index contributed by atoms with van der Waals surface area (Å²) >= 11 is 0. The normalized spacial score (nSPS) is 15.0. The van der Waals surface area contributed by atoms with E-state index >= 15 is 0 Å². The second kappa shape index (κ2) is 17.1. The summed E-state index contributed by atoms with van der Waals surface area (Å²) in [6.45, 7) is 9.36. The minimum Gasteiger partial charge on any atom is -0.493 e. The van der Waals surface area contributed by atoms with Crippen molar-refractivity contribution in [2.24, 2.45) is 16.6 Å². The van der Waals surface area contributed by atoms with Gasteiger partial charge in [-0.1, -0.05) is 50.2 Å². The zero-order valence-corrected chi connectivity index (χ0v) is 25.8. The number of benzene rings is 2. The van der Waals surface area contributed by atoms with Crippen LogP contribution in [-0.4, -0.2) is 81.8 Å². The van der Waals surface area contributed by atoms with Gasteiger partial charge in [0.1, 0.15) is 5.75 Å². The van der Waals surface area contributed by atoms with Crippen LogP contribution in [0.25, 0.3) is 11.1 Å². The largest absolute Gasteiger partial charge is 0.493 e. The lowest BCUT2D eigenvalue weighted by Crippen LogP contribution is -2.41. The van der Waals surface area contributed by atoms with Crippen LogP contribution in [0.1, 0.15) is 57.1 Å². The average molecular weight is 566 g/mol. The lowest BCUT2D eigenvalue weighted by Gasteiger charge is -2.35. The molecule has 2 aromatic carbocycles. The number of carbonyl (C=O) groups is 1.